The predicted molar refractivity (Wildman–Crippen MR) is 109 cm³/mol. The molecule has 0 aliphatic rings. The highest BCUT2D eigenvalue weighted by atomic mass is 32.2. The van der Waals surface area contributed by atoms with Crippen molar-refractivity contribution < 1.29 is 13.6 Å². The molecule has 4 aromatic rings. The van der Waals surface area contributed by atoms with E-state index in [1.807, 2.05) is 6.92 Å². The van der Waals surface area contributed by atoms with Gasteiger partial charge in [0.1, 0.15) is 17.1 Å². The SMILES string of the molecule is Cc1cc2nc(SCC(=O)Nc3cccc(F)c3)n(Cc3ccco3)c(=O)c2[nH]1. The Morgan fingerprint density at radius 3 is 2.93 bits per heavy atom. The van der Waals surface area contributed by atoms with Gasteiger partial charge in [0, 0.05) is 11.4 Å². The van der Waals surface area contributed by atoms with Gasteiger partial charge in [-0.25, -0.2) is 9.37 Å². The maximum absolute atomic E-state index is 13.3. The minimum atomic E-state index is -0.433. The summed E-state index contributed by atoms with van der Waals surface area (Å²) in [7, 11) is 0. The number of hydrogen-bond donors (Lipinski definition) is 2. The second-order valence-electron chi connectivity index (χ2n) is 6.42. The van der Waals surface area contributed by atoms with Gasteiger partial charge in [0.25, 0.3) is 5.56 Å². The summed E-state index contributed by atoms with van der Waals surface area (Å²) in [4.78, 5) is 32.8. The molecule has 0 saturated carbocycles. The first kappa shape index (κ1) is 19.0. The van der Waals surface area contributed by atoms with Crippen molar-refractivity contribution in [3.8, 4) is 0 Å². The maximum Gasteiger partial charge on any atom is 0.278 e. The van der Waals surface area contributed by atoms with Gasteiger partial charge in [0.05, 0.1) is 24.1 Å². The molecule has 1 aromatic carbocycles. The fourth-order valence-electron chi connectivity index (χ4n) is 2.91. The van der Waals surface area contributed by atoms with E-state index in [-0.39, 0.29) is 23.8 Å². The van der Waals surface area contributed by atoms with Crippen LogP contribution in [0.2, 0.25) is 0 Å². The van der Waals surface area contributed by atoms with E-state index in [0.717, 1.165) is 17.5 Å². The number of rotatable bonds is 6. The van der Waals surface area contributed by atoms with E-state index >= 15 is 0 Å². The van der Waals surface area contributed by atoms with Gasteiger partial charge >= 0.3 is 0 Å². The Hall–Kier alpha value is -3.33. The van der Waals surface area contributed by atoms with Gasteiger partial charge in [0.15, 0.2) is 5.16 Å². The monoisotopic (exact) mass is 412 g/mol. The van der Waals surface area contributed by atoms with Crippen LogP contribution >= 0.6 is 11.8 Å². The minimum absolute atomic E-state index is 0.00994. The lowest BCUT2D eigenvalue weighted by atomic mass is 10.3. The molecule has 0 atom stereocenters. The van der Waals surface area contributed by atoms with E-state index < -0.39 is 5.82 Å². The molecule has 0 fully saturated rings. The van der Waals surface area contributed by atoms with E-state index in [1.165, 1.54) is 29.0 Å². The summed E-state index contributed by atoms with van der Waals surface area (Å²) < 4.78 is 20.1. The zero-order chi connectivity index (χ0) is 20.4. The van der Waals surface area contributed by atoms with Crippen LogP contribution in [-0.2, 0) is 11.3 Å². The number of carbonyl (C=O) groups is 1. The summed E-state index contributed by atoms with van der Waals surface area (Å²) in [5.74, 6) is -0.152. The van der Waals surface area contributed by atoms with Crippen molar-refractivity contribution in [2.75, 3.05) is 11.1 Å². The largest absolute Gasteiger partial charge is 0.467 e. The van der Waals surface area contributed by atoms with Gasteiger partial charge in [-0.05, 0) is 43.3 Å². The minimum Gasteiger partial charge on any atom is -0.467 e. The molecule has 1 amide bonds. The molecule has 0 aliphatic heterocycles. The van der Waals surface area contributed by atoms with Gasteiger partial charge < -0.3 is 14.7 Å². The second kappa shape index (κ2) is 7.96. The molecule has 7 nitrogen and oxygen atoms in total. The molecule has 0 bridgehead atoms. The molecule has 0 aliphatic carbocycles. The molecule has 4 rings (SSSR count). The third-order valence-electron chi connectivity index (χ3n) is 4.17. The fraction of sp³-hybridized carbons (Fsp3) is 0.150. The molecule has 0 radical (unpaired) electrons. The summed E-state index contributed by atoms with van der Waals surface area (Å²) in [5.41, 5.74) is 1.89. The van der Waals surface area contributed by atoms with Crippen LogP contribution < -0.4 is 10.9 Å². The Kier molecular flexibility index (Phi) is 5.22. The number of fused-ring (bicyclic) bond motifs is 1. The average molecular weight is 412 g/mol. The number of furan rings is 1. The number of hydrogen-bond acceptors (Lipinski definition) is 5. The van der Waals surface area contributed by atoms with Crippen molar-refractivity contribution >= 4 is 34.4 Å². The van der Waals surface area contributed by atoms with Crippen LogP contribution in [0.15, 0.2) is 63.1 Å². The normalized spacial score (nSPS) is 11.1. The number of carbonyl (C=O) groups excluding carboxylic acids is 1. The number of amides is 1. The number of thioether (sulfide) groups is 1. The quantitative estimate of drug-likeness (QED) is 0.373. The van der Waals surface area contributed by atoms with E-state index in [1.54, 1.807) is 24.3 Å². The van der Waals surface area contributed by atoms with Gasteiger partial charge in [0.2, 0.25) is 5.91 Å². The first-order valence-corrected chi connectivity index (χ1v) is 9.79. The van der Waals surface area contributed by atoms with Crippen molar-refractivity contribution in [2.45, 2.75) is 18.6 Å². The first-order valence-electron chi connectivity index (χ1n) is 8.80. The number of nitrogens with zero attached hydrogens (tertiary/aromatic N) is 2. The predicted octanol–water partition coefficient (Wildman–Crippen LogP) is 3.54. The molecule has 0 saturated heterocycles. The summed E-state index contributed by atoms with van der Waals surface area (Å²) in [6, 6.07) is 10.9. The van der Waals surface area contributed by atoms with Crippen LogP contribution in [0.1, 0.15) is 11.5 Å². The highest BCUT2D eigenvalue weighted by Gasteiger charge is 2.16. The number of anilines is 1. The van der Waals surface area contributed by atoms with E-state index in [2.05, 4.69) is 15.3 Å². The summed E-state index contributed by atoms with van der Waals surface area (Å²) in [6.07, 6.45) is 1.53. The summed E-state index contributed by atoms with van der Waals surface area (Å²) >= 11 is 1.13. The topological polar surface area (TPSA) is 92.9 Å². The number of benzene rings is 1. The van der Waals surface area contributed by atoms with Crippen LogP contribution in [0.3, 0.4) is 0 Å². The maximum atomic E-state index is 13.3. The molecule has 148 valence electrons. The lowest BCUT2D eigenvalue weighted by Gasteiger charge is -2.11. The summed E-state index contributed by atoms with van der Waals surface area (Å²) in [5, 5.41) is 3.03. The number of aromatic nitrogens is 3. The number of aryl methyl sites for hydroxylation is 1. The lowest BCUT2D eigenvalue weighted by molar-refractivity contribution is -0.113. The van der Waals surface area contributed by atoms with Crippen molar-refractivity contribution in [3.05, 3.63) is 76.4 Å². The third-order valence-corrected chi connectivity index (χ3v) is 5.15. The van der Waals surface area contributed by atoms with Gasteiger partial charge in [-0.15, -0.1) is 0 Å². The highest BCUT2D eigenvalue weighted by Crippen LogP contribution is 2.20. The second-order valence-corrected chi connectivity index (χ2v) is 7.37. The van der Waals surface area contributed by atoms with Crippen molar-refractivity contribution in [3.63, 3.8) is 0 Å². The van der Waals surface area contributed by atoms with Crippen LogP contribution in [0.25, 0.3) is 11.0 Å². The van der Waals surface area contributed by atoms with E-state index in [9.17, 15) is 14.0 Å². The molecule has 3 heterocycles. The molecule has 3 aromatic heterocycles. The molecule has 9 heteroatoms. The van der Waals surface area contributed by atoms with Crippen molar-refractivity contribution in [1.82, 2.24) is 14.5 Å². The van der Waals surface area contributed by atoms with Crippen LogP contribution in [0, 0.1) is 12.7 Å². The molecular formula is C20H17FN4O3S. The summed E-state index contributed by atoms with van der Waals surface area (Å²) in [6.45, 7) is 2.04. The Balaban J connectivity index is 1.59. The molecule has 0 unspecified atom stereocenters. The van der Waals surface area contributed by atoms with Gasteiger partial charge in [-0.3, -0.25) is 14.2 Å². The lowest BCUT2D eigenvalue weighted by Crippen LogP contribution is -2.24. The molecular weight excluding hydrogens is 395 g/mol. The number of halogens is 1. The smallest absolute Gasteiger partial charge is 0.278 e. The van der Waals surface area contributed by atoms with Gasteiger partial charge in [-0.2, -0.15) is 0 Å². The standard InChI is InChI=1S/C20H17FN4O3S/c1-12-8-16-18(22-12)19(27)25(10-15-6-3-7-28-15)20(24-16)29-11-17(26)23-14-5-2-4-13(21)9-14/h2-9,22H,10-11H2,1H3,(H,23,26). The van der Waals surface area contributed by atoms with Crippen LogP contribution in [0.5, 0.6) is 0 Å². The van der Waals surface area contributed by atoms with E-state index in [0.29, 0.717) is 27.6 Å². The Bertz CT molecular complexity index is 1230. The Morgan fingerprint density at radius 2 is 2.17 bits per heavy atom. The molecule has 2 N–H and O–H groups in total. The first-order chi connectivity index (χ1) is 14.0. The molecule has 0 spiro atoms. The molecule has 29 heavy (non-hydrogen) atoms. The average Bonchev–Trinajstić information content (AvgIpc) is 3.32. The van der Waals surface area contributed by atoms with Crippen LogP contribution in [0.4, 0.5) is 10.1 Å². The fourth-order valence-corrected chi connectivity index (χ4v) is 3.71. The number of nitrogens with one attached hydrogen (secondary N) is 2. The Labute approximate surface area is 169 Å². The number of aromatic amines is 1. The zero-order valence-corrected chi connectivity index (χ0v) is 16.3. The van der Waals surface area contributed by atoms with Crippen LogP contribution in [-0.4, -0.2) is 26.2 Å². The highest BCUT2D eigenvalue weighted by molar-refractivity contribution is 7.99. The third kappa shape index (κ3) is 4.24. The van der Waals surface area contributed by atoms with E-state index in [4.69, 9.17) is 4.42 Å². The number of H-pyrrole nitrogens is 1. The van der Waals surface area contributed by atoms with Crippen molar-refractivity contribution in [1.29, 1.82) is 0 Å². The Morgan fingerprint density at radius 1 is 1.31 bits per heavy atom. The zero-order valence-electron chi connectivity index (χ0n) is 15.4. The van der Waals surface area contributed by atoms with Gasteiger partial charge in [-0.1, -0.05) is 17.8 Å². The van der Waals surface area contributed by atoms with Crippen molar-refractivity contribution in [2.24, 2.45) is 0 Å².